The lowest BCUT2D eigenvalue weighted by Crippen LogP contribution is -2.21. The van der Waals surface area contributed by atoms with Crippen LogP contribution in [0.15, 0.2) is 12.1 Å². The van der Waals surface area contributed by atoms with Gasteiger partial charge >= 0.3 is 5.69 Å². The molecule has 0 fully saturated rings. The number of rotatable bonds is 2. The Bertz CT molecular complexity index is 498. The maximum Gasteiger partial charge on any atom is 0.311 e. The van der Waals surface area contributed by atoms with Gasteiger partial charge in [0, 0.05) is 26.1 Å². The van der Waals surface area contributed by atoms with Crippen LogP contribution in [0.3, 0.4) is 0 Å². The zero-order valence-electron chi connectivity index (χ0n) is 9.60. The summed E-state index contributed by atoms with van der Waals surface area (Å²) in [6, 6.07) is 3.12. The van der Waals surface area contributed by atoms with Crippen molar-refractivity contribution >= 4 is 11.6 Å². The van der Waals surface area contributed by atoms with Crippen LogP contribution >= 0.6 is 0 Å². The third-order valence-corrected chi connectivity index (χ3v) is 2.87. The van der Waals surface area contributed by atoms with Gasteiger partial charge < -0.3 is 9.64 Å². The van der Waals surface area contributed by atoms with Crippen LogP contribution in [0.5, 0.6) is 5.75 Å². The second-order valence-electron chi connectivity index (χ2n) is 3.92. The summed E-state index contributed by atoms with van der Waals surface area (Å²) in [5.74, 6) is 0.196. The largest absolute Gasteiger partial charge is 0.490 e. The van der Waals surface area contributed by atoms with E-state index >= 15 is 0 Å². The van der Waals surface area contributed by atoms with Crippen molar-refractivity contribution in [2.24, 2.45) is 0 Å². The number of amides is 1. The molecule has 6 nitrogen and oxygen atoms in total. The molecule has 0 saturated carbocycles. The van der Waals surface area contributed by atoms with Gasteiger partial charge in [-0.1, -0.05) is 0 Å². The molecule has 0 unspecified atom stereocenters. The highest BCUT2D eigenvalue weighted by Gasteiger charge is 2.26. The van der Waals surface area contributed by atoms with E-state index in [1.807, 2.05) is 0 Å². The standard InChI is InChI=1S/C11H12N2O4/c1-7(14)12-5-8-3-10(13(15)16)11(17-2)4-9(8)6-12/h3-4H,5-6H2,1-2H3. The van der Waals surface area contributed by atoms with Crippen LogP contribution < -0.4 is 4.74 Å². The fraction of sp³-hybridized carbons (Fsp3) is 0.364. The zero-order chi connectivity index (χ0) is 12.6. The van der Waals surface area contributed by atoms with Crippen molar-refractivity contribution in [2.45, 2.75) is 20.0 Å². The van der Waals surface area contributed by atoms with Gasteiger partial charge in [-0.25, -0.2) is 0 Å². The molecule has 1 amide bonds. The summed E-state index contributed by atoms with van der Waals surface area (Å²) in [5.41, 5.74) is 1.66. The SMILES string of the molecule is COc1cc2c(cc1[N+](=O)[O-])CN(C(C)=O)C2. The first kappa shape index (κ1) is 11.4. The van der Waals surface area contributed by atoms with Gasteiger partial charge in [-0.05, 0) is 17.2 Å². The summed E-state index contributed by atoms with van der Waals surface area (Å²) in [4.78, 5) is 23.2. The molecule has 0 bridgehead atoms. The van der Waals surface area contributed by atoms with Crippen LogP contribution in [-0.4, -0.2) is 22.8 Å². The van der Waals surface area contributed by atoms with E-state index in [-0.39, 0.29) is 17.3 Å². The molecule has 0 radical (unpaired) electrons. The highest BCUT2D eigenvalue weighted by molar-refractivity contribution is 5.74. The van der Waals surface area contributed by atoms with E-state index in [0.717, 1.165) is 11.1 Å². The number of hydrogen-bond donors (Lipinski definition) is 0. The van der Waals surface area contributed by atoms with Crippen LogP contribution in [0.4, 0.5) is 5.69 Å². The van der Waals surface area contributed by atoms with E-state index in [1.165, 1.54) is 20.1 Å². The Morgan fingerprint density at radius 1 is 1.41 bits per heavy atom. The summed E-state index contributed by atoms with van der Waals surface area (Å²) in [7, 11) is 1.40. The Morgan fingerprint density at radius 2 is 2.00 bits per heavy atom. The smallest absolute Gasteiger partial charge is 0.311 e. The fourth-order valence-electron chi connectivity index (χ4n) is 1.94. The molecule has 1 aliphatic heterocycles. The summed E-state index contributed by atoms with van der Waals surface area (Å²) >= 11 is 0. The predicted molar refractivity (Wildman–Crippen MR) is 59.6 cm³/mol. The molecule has 2 rings (SSSR count). The quantitative estimate of drug-likeness (QED) is 0.575. The average molecular weight is 236 g/mol. The molecule has 1 heterocycles. The monoisotopic (exact) mass is 236 g/mol. The number of nitro benzene ring substituents is 1. The number of ether oxygens (including phenoxy) is 1. The highest BCUT2D eigenvalue weighted by atomic mass is 16.6. The molecule has 0 saturated heterocycles. The number of nitro groups is 1. The maximum atomic E-state index is 11.2. The first-order valence-corrected chi connectivity index (χ1v) is 5.12. The molecule has 0 N–H and O–H groups in total. The molecule has 0 atom stereocenters. The highest BCUT2D eigenvalue weighted by Crippen LogP contribution is 2.34. The van der Waals surface area contributed by atoms with E-state index in [2.05, 4.69) is 0 Å². The summed E-state index contributed by atoms with van der Waals surface area (Å²) in [5, 5.41) is 10.8. The van der Waals surface area contributed by atoms with Crippen molar-refractivity contribution in [3.05, 3.63) is 33.4 Å². The number of methoxy groups -OCH3 is 1. The van der Waals surface area contributed by atoms with Gasteiger partial charge in [0.05, 0.1) is 12.0 Å². The van der Waals surface area contributed by atoms with E-state index in [0.29, 0.717) is 13.1 Å². The molecule has 0 spiro atoms. The summed E-state index contributed by atoms with van der Waals surface area (Å²) < 4.78 is 4.98. The lowest BCUT2D eigenvalue weighted by atomic mass is 10.1. The number of hydrogen-bond acceptors (Lipinski definition) is 4. The molecule has 6 heteroatoms. The molecule has 1 aromatic rings. The lowest BCUT2D eigenvalue weighted by Gasteiger charge is -2.10. The average Bonchev–Trinajstić information content (AvgIpc) is 2.69. The number of carbonyl (C=O) groups is 1. The molecule has 1 aromatic carbocycles. The van der Waals surface area contributed by atoms with Crippen LogP contribution in [-0.2, 0) is 17.9 Å². The molecule has 90 valence electrons. The van der Waals surface area contributed by atoms with E-state index in [4.69, 9.17) is 4.74 Å². The van der Waals surface area contributed by atoms with Gasteiger partial charge in [0.25, 0.3) is 0 Å². The fourth-order valence-corrected chi connectivity index (χ4v) is 1.94. The molecule has 17 heavy (non-hydrogen) atoms. The predicted octanol–water partition coefficient (Wildman–Crippen LogP) is 1.47. The van der Waals surface area contributed by atoms with Crippen LogP contribution in [0, 0.1) is 10.1 Å². The van der Waals surface area contributed by atoms with Gasteiger partial charge in [-0.3, -0.25) is 14.9 Å². The van der Waals surface area contributed by atoms with Crippen molar-refractivity contribution in [3.63, 3.8) is 0 Å². The van der Waals surface area contributed by atoms with E-state index in [9.17, 15) is 14.9 Å². The Morgan fingerprint density at radius 3 is 2.47 bits per heavy atom. The van der Waals surface area contributed by atoms with Crippen molar-refractivity contribution in [3.8, 4) is 5.75 Å². The lowest BCUT2D eigenvalue weighted by molar-refractivity contribution is -0.385. The minimum absolute atomic E-state index is 0.0391. The first-order valence-electron chi connectivity index (χ1n) is 5.12. The van der Waals surface area contributed by atoms with Crippen molar-refractivity contribution < 1.29 is 14.5 Å². The van der Waals surface area contributed by atoms with Crippen LogP contribution in [0.2, 0.25) is 0 Å². The number of benzene rings is 1. The number of fused-ring (bicyclic) bond motifs is 1. The third kappa shape index (κ3) is 1.93. The minimum Gasteiger partial charge on any atom is -0.490 e. The molecular weight excluding hydrogens is 224 g/mol. The molecule has 1 aliphatic rings. The summed E-state index contributed by atoms with van der Waals surface area (Å²) in [6.45, 7) is 2.39. The molecule has 0 aromatic heterocycles. The topological polar surface area (TPSA) is 72.7 Å². The Kier molecular flexibility index (Phi) is 2.71. The van der Waals surface area contributed by atoms with Gasteiger partial charge in [0.2, 0.25) is 5.91 Å². The summed E-state index contributed by atoms with van der Waals surface area (Å²) in [6.07, 6.45) is 0. The molecular formula is C11H12N2O4. The van der Waals surface area contributed by atoms with Gasteiger partial charge in [-0.2, -0.15) is 0 Å². The maximum absolute atomic E-state index is 11.2. The zero-order valence-corrected chi connectivity index (χ0v) is 9.60. The first-order chi connectivity index (χ1) is 8.02. The number of carbonyl (C=O) groups excluding carboxylic acids is 1. The van der Waals surface area contributed by atoms with Gasteiger partial charge in [0.1, 0.15) is 0 Å². The van der Waals surface area contributed by atoms with Crippen molar-refractivity contribution in [1.82, 2.24) is 4.90 Å². The normalized spacial score (nSPS) is 13.4. The third-order valence-electron chi connectivity index (χ3n) is 2.87. The van der Waals surface area contributed by atoms with Crippen molar-refractivity contribution in [2.75, 3.05) is 7.11 Å². The second kappa shape index (κ2) is 4.04. The van der Waals surface area contributed by atoms with Crippen molar-refractivity contribution in [1.29, 1.82) is 0 Å². The Balaban J connectivity index is 2.43. The van der Waals surface area contributed by atoms with E-state index < -0.39 is 4.92 Å². The number of nitrogens with zero attached hydrogens (tertiary/aromatic N) is 2. The van der Waals surface area contributed by atoms with E-state index in [1.54, 1.807) is 11.0 Å². The molecule has 0 aliphatic carbocycles. The van der Waals surface area contributed by atoms with Crippen LogP contribution in [0.1, 0.15) is 18.1 Å². The second-order valence-corrected chi connectivity index (χ2v) is 3.92. The minimum atomic E-state index is -0.477. The van der Waals surface area contributed by atoms with Gasteiger partial charge in [-0.15, -0.1) is 0 Å². The van der Waals surface area contributed by atoms with Gasteiger partial charge in [0.15, 0.2) is 5.75 Å². The van der Waals surface area contributed by atoms with Crippen LogP contribution in [0.25, 0.3) is 0 Å². The Labute approximate surface area is 97.9 Å². The Hall–Kier alpha value is -2.11.